The Morgan fingerprint density at radius 2 is 0.977 bits per heavy atom. The molecule has 0 saturated heterocycles. The molecule has 3 rings (SSSR count). The van der Waals surface area contributed by atoms with Gasteiger partial charge in [0.1, 0.15) is 11.5 Å². The molecule has 0 aliphatic rings. The Kier molecular flexibility index (Phi) is 13.5. The minimum absolute atomic E-state index is 0.00927. The van der Waals surface area contributed by atoms with Crippen LogP contribution in [0.25, 0.3) is 21.8 Å². The predicted octanol–water partition coefficient (Wildman–Crippen LogP) is 8.92. The van der Waals surface area contributed by atoms with Crippen molar-refractivity contribution in [2.24, 2.45) is 0 Å². The molecule has 236 valence electrons. The highest BCUT2D eigenvalue weighted by molar-refractivity contribution is 6.06. The van der Waals surface area contributed by atoms with Gasteiger partial charge in [-0.2, -0.15) is 0 Å². The number of methoxy groups -OCH3 is 2. The summed E-state index contributed by atoms with van der Waals surface area (Å²) in [6, 6.07) is 5.36. The van der Waals surface area contributed by atoms with E-state index in [4.69, 9.17) is 28.9 Å². The molecule has 0 saturated carbocycles. The molecule has 0 aliphatic carbocycles. The Morgan fingerprint density at radius 1 is 0.628 bits per heavy atom. The summed E-state index contributed by atoms with van der Waals surface area (Å²) in [6.07, 6.45) is 12.2. The van der Waals surface area contributed by atoms with E-state index in [0.29, 0.717) is 22.5 Å². The number of rotatable bonds is 18. The summed E-state index contributed by atoms with van der Waals surface area (Å²) < 4.78 is 23.5. The lowest BCUT2D eigenvalue weighted by atomic mass is 10.0. The first kappa shape index (κ1) is 34.1. The van der Waals surface area contributed by atoms with Crippen molar-refractivity contribution in [3.8, 4) is 11.5 Å². The fraction of sp³-hybridized carbons (Fsp3) is 0.600. The lowest BCUT2D eigenvalue weighted by molar-refractivity contribution is 0.0585. The molecule has 0 spiro atoms. The quantitative estimate of drug-likeness (QED) is 0.106. The first-order valence-electron chi connectivity index (χ1n) is 16.1. The predicted molar refractivity (Wildman–Crippen MR) is 171 cm³/mol. The summed E-state index contributed by atoms with van der Waals surface area (Å²) in [5.41, 5.74) is 2.19. The van der Waals surface area contributed by atoms with E-state index in [9.17, 15) is 9.59 Å². The Balaban J connectivity index is 2.30. The number of esters is 2. The third-order valence-electron chi connectivity index (χ3n) is 7.94. The molecule has 0 N–H and O–H groups in total. The molecule has 43 heavy (non-hydrogen) atoms. The molecule has 8 heteroatoms. The van der Waals surface area contributed by atoms with Crippen LogP contribution in [0.2, 0.25) is 0 Å². The van der Waals surface area contributed by atoms with E-state index >= 15 is 0 Å². The summed E-state index contributed by atoms with van der Waals surface area (Å²) in [4.78, 5) is 34.8. The lowest BCUT2D eigenvalue weighted by Crippen LogP contribution is -2.18. The molecule has 0 atom stereocenters. The molecule has 8 nitrogen and oxygen atoms in total. The van der Waals surface area contributed by atoms with Gasteiger partial charge in [-0.15, -0.1) is 0 Å². The molecule has 0 amide bonds. The highest BCUT2D eigenvalue weighted by Crippen LogP contribution is 2.38. The average Bonchev–Trinajstić information content (AvgIpc) is 3.02. The average molecular weight is 595 g/mol. The largest absolute Gasteiger partial charge is 0.490 e. The van der Waals surface area contributed by atoms with E-state index in [1.54, 1.807) is 12.1 Å². The minimum atomic E-state index is -0.542. The van der Waals surface area contributed by atoms with E-state index in [-0.39, 0.29) is 23.6 Å². The van der Waals surface area contributed by atoms with Crippen molar-refractivity contribution in [1.82, 2.24) is 9.97 Å². The van der Waals surface area contributed by atoms with Crippen molar-refractivity contribution in [1.29, 1.82) is 0 Å². The smallest absolute Gasteiger partial charge is 0.356 e. The topological polar surface area (TPSA) is 96.8 Å². The Morgan fingerprint density at radius 3 is 1.28 bits per heavy atom. The number of unbranched alkanes of at least 4 members (excludes halogenated alkanes) is 4. The number of aryl methyl sites for hydroxylation is 1. The van der Waals surface area contributed by atoms with Gasteiger partial charge in [0.05, 0.1) is 37.5 Å². The van der Waals surface area contributed by atoms with Crippen molar-refractivity contribution >= 4 is 33.7 Å². The zero-order valence-electron chi connectivity index (χ0n) is 27.2. The van der Waals surface area contributed by atoms with E-state index in [1.165, 1.54) is 14.2 Å². The number of carbonyl (C=O) groups excluding carboxylic acids is 2. The molecule has 2 heterocycles. The van der Waals surface area contributed by atoms with Crippen LogP contribution in [-0.2, 0) is 9.47 Å². The van der Waals surface area contributed by atoms with E-state index < -0.39 is 11.9 Å². The SMILES string of the molecule is CCCCC(CCCC)Oc1cc(C(=O)OC)nc2c(C)c3nc(C(=O)OC)cc(OC(CCCC)CCCC)c3cc12. The van der Waals surface area contributed by atoms with Crippen LogP contribution in [-0.4, -0.2) is 48.3 Å². The van der Waals surface area contributed by atoms with Gasteiger partial charge in [-0.1, -0.05) is 79.1 Å². The van der Waals surface area contributed by atoms with Crippen LogP contribution in [0, 0.1) is 6.92 Å². The first-order chi connectivity index (χ1) is 20.8. The van der Waals surface area contributed by atoms with E-state index in [2.05, 4.69) is 27.7 Å². The number of hydrogen-bond acceptors (Lipinski definition) is 8. The number of fused-ring (bicyclic) bond motifs is 2. The lowest BCUT2D eigenvalue weighted by Gasteiger charge is -2.23. The molecular formula is C35H50N2O6. The Hall–Kier alpha value is -3.42. The number of aromatic nitrogens is 2. The standard InChI is InChI=1S/C35H50N2O6/c1-8-12-16-24(17-13-9-2)42-30-21-28(34(38)40-6)36-32-23(5)33-27(20-26(30)32)31(22-29(37-33)35(39)41-7)43-25(18-14-10-3)19-15-11-4/h20-22,24-25H,8-19H2,1-7H3. The van der Waals surface area contributed by atoms with Crippen LogP contribution in [0.5, 0.6) is 11.5 Å². The number of ether oxygens (including phenoxy) is 4. The monoisotopic (exact) mass is 594 g/mol. The zero-order valence-corrected chi connectivity index (χ0v) is 27.2. The molecule has 2 aromatic heterocycles. The van der Waals surface area contributed by atoms with Gasteiger partial charge in [0, 0.05) is 28.5 Å². The summed E-state index contributed by atoms with van der Waals surface area (Å²) >= 11 is 0. The number of nitrogens with zero attached hydrogens (tertiary/aromatic N) is 2. The summed E-state index contributed by atoms with van der Waals surface area (Å²) in [5.74, 6) is 0.0908. The highest BCUT2D eigenvalue weighted by atomic mass is 16.5. The van der Waals surface area contributed by atoms with Crippen LogP contribution in [0.4, 0.5) is 0 Å². The second-order valence-electron chi connectivity index (χ2n) is 11.3. The molecule has 0 unspecified atom stereocenters. The Labute approximate surface area is 256 Å². The fourth-order valence-corrected chi connectivity index (χ4v) is 5.39. The summed E-state index contributed by atoms with van der Waals surface area (Å²) in [6.45, 7) is 10.6. The van der Waals surface area contributed by atoms with Crippen molar-refractivity contribution in [3.05, 3.63) is 35.2 Å². The molecule has 0 radical (unpaired) electrons. The highest BCUT2D eigenvalue weighted by Gasteiger charge is 2.23. The van der Waals surface area contributed by atoms with Crippen LogP contribution in [0.15, 0.2) is 18.2 Å². The molecule has 0 fully saturated rings. The minimum Gasteiger partial charge on any atom is -0.490 e. The van der Waals surface area contributed by atoms with Gasteiger partial charge >= 0.3 is 11.9 Å². The normalized spacial score (nSPS) is 11.5. The van der Waals surface area contributed by atoms with Gasteiger partial charge in [-0.3, -0.25) is 0 Å². The van der Waals surface area contributed by atoms with E-state index in [1.807, 2.05) is 13.0 Å². The second-order valence-corrected chi connectivity index (χ2v) is 11.3. The number of pyridine rings is 2. The van der Waals surface area contributed by atoms with Crippen molar-refractivity contribution in [2.45, 2.75) is 124 Å². The molecule has 0 bridgehead atoms. The molecule has 3 aromatic rings. The van der Waals surface area contributed by atoms with Crippen LogP contribution in [0.1, 0.15) is 131 Å². The van der Waals surface area contributed by atoms with Crippen LogP contribution < -0.4 is 9.47 Å². The van der Waals surface area contributed by atoms with E-state index in [0.717, 1.165) is 93.4 Å². The number of benzene rings is 1. The molecular weight excluding hydrogens is 544 g/mol. The Bertz CT molecular complexity index is 1260. The van der Waals surface area contributed by atoms with Crippen molar-refractivity contribution in [2.75, 3.05) is 14.2 Å². The van der Waals surface area contributed by atoms with Gasteiger partial charge in [0.2, 0.25) is 0 Å². The number of carbonyl (C=O) groups is 2. The van der Waals surface area contributed by atoms with Gasteiger partial charge in [0.15, 0.2) is 11.4 Å². The fourth-order valence-electron chi connectivity index (χ4n) is 5.39. The van der Waals surface area contributed by atoms with Gasteiger partial charge in [0.25, 0.3) is 0 Å². The van der Waals surface area contributed by atoms with Crippen LogP contribution in [0.3, 0.4) is 0 Å². The first-order valence-corrected chi connectivity index (χ1v) is 16.1. The summed E-state index contributed by atoms with van der Waals surface area (Å²) in [5, 5.41) is 1.54. The maximum atomic E-state index is 12.7. The second kappa shape index (κ2) is 17.0. The molecule has 1 aromatic carbocycles. The zero-order chi connectivity index (χ0) is 31.4. The maximum Gasteiger partial charge on any atom is 0.356 e. The number of hydrogen-bond donors (Lipinski definition) is 0. The molecule has 0 aliphatic heterocycles. The van der Waals surface area contributed by atoms with Gasteiger partial charge < -0.3 is 18.9 Å². The van der Waals surface area contributed by atoms with Crippen LogP contribution >= 0.6 is 0 Å². The summed E-state index contributed by atoms with van der Waals surface area (Å²) in [7, 11) is 2.68. The third kappa shape index (κ3) is 8.80. The van der Waals surface area contributed by atoms with Gasteiger partial charge in [-0.25, -0.2) is 19.6 Å². The third-order valence-corrected chi connectivity index (χ3v) is 7.94. The van der Waals surface area contributed by atoms with Crippen molar-refractivity contribution < 1.29 is 28.5 Å². The van der Waals surface area contributed by atoms with Gasteiger partial charge in [-0.05, 0) is 38.7 Å². The van der Waals surface area contributed by atoms with Crippen molar-refractivity contribution in [3.63, 3.8) is 0 Å². The maximum absolute atomic E-state index is 12.7.